The summed E-state index contributed by atoms with van der Waals surface area (Å²) in [7, 11) is 3.20. The molecule has 2 aromatic heterocycles. The van der Waals surface area contributed by atoms with Gasteiger partial charge in [0.25, 0.3) is 0 Å². The Morgan fingerprint density at radius 2 is 2.32 bits per heavy atom. The molecule has 0 bridgehead atoms. The minimum absolute atomic E-state index is 0.202. The largest absolute Gasteiger partial charge is 0.465 e. The molecule has 2 aromatic rings. The van der Waals surface area contributed by atoms with Crippen molar-refractivity contribution in [2.24, 2.45) is 0 Å². The number of aryl methyl sites for hydroxylation is 1. The van der Waals surface area contributed by atoms with Gasteiger partial charge in [-0.15, -0.1) is 11.3 Å². The summed E-state index contributed by atoms with van der Waals surface area (Å²) in [6.45, 7) is 2.55. The zero-order chi connectivity index (χ0) is 14.0. The maximum atomic E-state index is 11.7. The SMILES string of the molecule is COC(=O)c1c(N)nsc1N(C)Cc1csc(C)n1. The van der Waals surface area contributed by atoms with Crippen LogP contribution in [-0.4, -0.2) is 29.5 Å². The summed E-state index contributed by atoms with van der Waals surface area (Å²) in [6.07, 6.45) is 0. The molecule has 19 heavy (non-hydrogen) atoms. The number of esters is 1. The highest BCUT2D eigenvalue weighted by Gasteiger charge is 2.22. The van der Waals surface area contributed by atoms with Crippen molar-refractivity contribution in [1.29, 1.82) is 0 Å². The summed E-state index contributed by atoms with van der Waals surface area (Å²) in [5.74, 6) is -0.268. The highest BCUT2D eigenvalue weighted by Crippen LogP contribution is 2.31. The first-order valence-electron chi connectivity index (χ1n) is 5.48. The van der Waals surface area contributed by atoms with Crippen LogP contribution in [0.15, 0.2) is 5.38 Å². The van der Waals surface area contributed by atoms with E-state index in [1.807, 2.05) is 24.3 Å². The minimum atomic E-state index is -0.470. The van der Waals surface area contributed by atoms with Crippen molar-refractivity contribution in [2.75, 3.05) is 24.8 Å². The summed E-state index contributed by atoms with van der Waals surface area (Å²) in [4.78, 5) is 18.0. The number of nitrogen functional groups attached to an aromatic ring is 1. The van der Waals surface area contributed by atoms with Crippen LogP contribution in [0.2, 0.25) is 0 Å². The van der Waals surface area contributed by atoms with E-state index in [-0.39, 0.29) is 5.82 Å². The number of carbonyl (C=O) groups is 1. The first-order valence-corrected chi connectivity index (χ1v) is 7.13. The van der Waals surface area contributed by atoms with Gasteiger partial charge in [-0.1, -0.05) is 0 Å². The molecule has 0 radical (unpaired) electrons. The number of ether oxygens (including phenoxy) is 1. The highest BCUT2D eigenvalue weighted by atomic mass is 32.1. The fourth-order valence-corrected chi connectivity index (χ4v) is 3.01. The van der Waals surface area contributed by atoms with Crippen LogP contribution in [0.1, 0.15) is 21.1 Å². The van der Waals surface area contributed by atoms with Gasteiger partial charge in [0, 0.05) is 12.4 Å². The molecule has 0 aromatic carbocycles. The molecule has 0 aliphatic heterocycles. The molecule has 0 amide bonds. The Hall–Kier alpha value is -1.67. The van der Waals surface area contributed by atoms with Gasteiger partial charge in [0.2, 0.25) is 0 Å². The predicted molar refractivity (Wildman–Crippen MR) is 76.8 cm³/mol. The molecule has 8 heteroatoms. The molecule has 2 heterocycles. The van der Waals surface area contributed by atoms with Crippen molar-refractivity contribution in [3.8, 4) is 0 Å². The van der Waals surface area contributed by atoms with Crippen molar-refractivity contribution in [2.45, 2.75) is 13.5 Å². The van der Waals surface area contributed by atoms with E-state index in [0.29, 0.717) is 17.1 Å². The van der Waals surface area contributed by atoms with Crippen LogP contribution in [0.5, 0.6) is 0 Å². The molecule has 0 spiro atoms. The summed E-state index contributed by atoms with van der Waals surface area (Å²) >= 11 is 2.78. The van der Waals surface area contributed by atoms with Crippen LogP contribution >= 0.6 is 22.9 Å². The molecule has 6 nitrogen and oxygen atoms in total. The lowest BCUT2D eigenvalue weighted by Gasteiger charge is -2.16. The Kier molecular flexibility index (Phi) is 4.01. The second kappa shape index (κ2) is 5.54. The molecular formula is C11H14N4O2S2. The van der Waals surface area contributed by atoms with Crippen molar-refractivity contribution < 1.29 is 9.53 Å². The van der Waals surface area contributed by atoms with Crippen LogP contribution in [0, 0.1) is 6.92 Å². The second-order valence-electron chi connectivity index (χ2n) is 3.95. The van der Waals surface area contributed by atoms with Crippen LogP contribution in [0.3, 0.4) is 0 Å². The summed E-state index contributed by atoms with van der Waals surface area (Å²) in [5.41, 5.74) is 6.98. The summed E-state index contributed by atoms with van der Waals surface area (Å²) < 4.78 is 8.74. The molecule has 0 saturated heterocycles. The van der Waals surface area contributed by atoms with Gasteiger partial charge >= 0.3 is 5.97 Å². The number of nitrogens with zero attached hydrogens (tertiary/aromatic N) is 3. The lowest BCUT2D eigenvalue weighted by atomic mass is 10.3. The van der Waals surface area contributed by atoms with Crippen molar-refractivity contribution in [1.82, 2.24) is 9.36 Å². The van der Waals surface area contributed by atoms with E-state index in [0.717, 1.165) is 10.7 Å². The lowest BCUT2D eigenvalue weighted by Crippen LogP contribution is -2.18. The van der Waals surface area contributed by atoms with E-state index < -0.39 is 5.97 Å². The third kappa shape index (κ3) is 2.85. The molecule has 0 aliphatic rings. The number of nitrogens with two attached hydrogens (primary N) is 1. The molecule has 2 rings (SSSR count). The van der Waals surface area contributed by atoms with E-state index in [2.05, 4.69) is 9.36 Å². The Bertz CT molecular complexity index is 593. The number of carbonyl (C=O) groups excluding carboxylic acids is 1. The van der Waals surface area contributed by atoms with Gasteiger partial charge in [-0.05, 0) is 18.5 Å². The topological polar surface area (TPSA) is 81.3 Å². The van der Waals surface area contributed by atoms with Gasteiger partial charge in [-0.25, -0.2) is 9.78 Å². The maximum Gasteiger partial charge on any atom is 0.344 e. The van der Waals surface area contributed by atoms with E-state index in [9.17, 15) is 4.79 Å². The quantitative estimate of drug-likeness (QED) is 0.868. The third-order valence-electron chi connectivity index (χ3n) is 2.50. The van der Waals surface area contributed by atoms with Gasteiger partial charge in [-0.3, -0.25) is 0 Å². The first-order chi connectivity index (χ1) is 9.02. The monoisotopic (exact) mass is 298 g/mol. The second-order valence-corrected chi connectivity index (χ2v) is 5.77. The highest BCUT2D eigenvalue weighted by molar-refractivity contribution is 7.11. The fraction of sp³-hybridized carbons (Fsp3) is 0.364. The smallest absolute Gasteiger partial charge is 0.344 e. The lowest BCUT2D eigenvalue weighted by molar-refractivity contribution is 0.0603. The Morgan fingerprint density at radius 1 is 1.58 bits per heavy atom. The van der Waals surface area contributed by atoms with Crippen molar-refractivity contribution in [3.63, 3.8) is 0 Å². The summed E-state index contributed by atoms with van der Waals surface area (Å²) in [5, 5.41) is 3.70. The standard InChI is InChI=1S/C11H14N4O2S2/c1-6-13-7(5-18-6)4-15(2)10-8(11(16)17-3)9(12)14-19-10/h5H,4H2,1-3H3,(H2,12,14). The molecular weight excluding hydrogens is 284 g/mol. The number of hydrogen-bond donors (Lipinski definition) is 1. The molecule has 0 fully saturated rings. The minimum Gasteiger partial charge on any atom is -0.465 e. The maximum absolute atomic E-state index is 11.7. The molecule has 0 aliphatic carbocycles. The average molecular weight is 298 g/mol. The third-order valence-corrected chi connectivity index (χ3v) is 4.30. The summed E-state index contributed by atoms with van der Waals surface area (Å²) in [6, 6.07) is 0. The van der Waals surface area contributed by atoms with Crippen LogP contribution in [0.4, 0.5) is 10.8 Å². The predicted octanol–water partition coefficient (Wildman–Crippen LogP) is 1.91. The van der Waals surface area contributed by atoms with Crippen LogP contribution < -0.4 is 10.6 Å². The number of hydrogen-bond acceptors (Lipinski definition) is 8. The van der Waals surface area contributed by atoms with Gasteiger partial charge in [-0.2, -0.15) is 4.37 Å². The number of rotatable bonds is 4. The Labute approximate surface area is 119 Å². The van der Waals surface area contributed by atoms with Crippen LogP contribution in [-0.2, 0) is 11.3 Å². The van der Waals surface area contributed by atoms with Gasteiger partial charge in [0.15, 0.2) is 5.82 Å². The van der Waals surface area contributed by atoms with Gasteiger partial charge < -0.3 is 15.4 Å². The van der Waals surface area contributed by atoms with Crippen molar-refractivity contribution >= 4 is 39.7 Å². The fourth-order valence-electron chi connectivity index (χ4n) is 1.64. The van der Waals surface area contributed by atoms with Gasteiger partial charge in [0.05, 0.1) is 24.4 Å². The molecule has 0 unspecified atom stereocenters. The molecule has 0 saturated carbocycles. The van der Waals surface area contributed by atoms with E-state index in [1.54, 1.807) is 11.3 Å². The normalized spacial score (nSPS) is 10.5. The number of methoxy groups -OCH3 is 1. The first kappa shape index (κ1) is 13.8. The van der Waals surface area contributed by atoms with E-state index in [1.165, 1.54) is 18.6 Å². The van der Waals surface area contributed by atoms with Gasteiger partial charge in [0.1, 0.15) is 10.6 Å². The Morgan fingerprint density at radius 3 is 2.89 bits per heavy atom. The Balaban J connectivity index is 2.24. The zero-order valence-corrected chi connectivity index (χ0v) is 12.5. The van der Waals surface area contributed by atoms with Crippen molar-refractivity contribution in [3.05, 3.63) is 21.6 Å². The molecule has 102 valence electrons. The average Bonchev–Trinajstić information content (AvgIpc) is 2.94. The number of thiazole rings is 1. The molecule has 2 N–H and O–H groups in total. The molecule has 0 atom stereocenters. The number of anilines is 2. The van der Waals surface area contributed by atoms with E-state index >= 15 is 0 Å². The number of aromatic nitrogens is 2. The van der Waals surface area contributed by atoms with E-state index in [4.69, 9.17) is 10.5 Å². The van der Waals surface area contributed by atoms with Crippen LogP contribution in [0.25, 0.3) is 0 Å². The zero-order valence-electron chi connectivity index (χ0n) is 10.8.